The van der Waals surface area contributed by atoms with Gasteiger partial charge in [-0.2, -0.15) is 0 Å². The number of hydrogen-bond acceptors (Lipinski definition) is 3. The Kier molecular flexibility index (Phi) is 8.65. The highest BCUT2D eigenvalue weighted by molar-refractivity contribution is 5.92. The number of rotatable bonds is 9. The number of amides is 1. The van der Waals surface area contributed by atoms with Crippen molar-refractivity contribution in [2.75, 3.05) is 20.2 Å². The van der Waals surface area contributed by atoms with E-state index in [2.05, 4.69) is 11.7 Å². The minimum absolute atomic E-state index is 0.0659. The van der Waals surface area contributed by atoms with Gasteiger partial charge in [0.15, 0.2) is 0 Å². The molecule has 0 heterocycles. The third-order valence-electron chi connectivity index (χ3n) is 3.37. The predicted octanol–water partition coefficient (Wildman–Crippen LogP) is 3.28. The van der Waals surface area contributed by atoms with Gasteiger partial charge < -0.3 is 9.64 Å². The number of nitrogens with zero attached hydrogens (tertiary/aromatic N) is 1. The first-order valence-corrected chi connectivity index (χ1v) is 7.76. The van der Waals surface area contributed by atoms with Crippen LogP contribution < -0.4 is 0 Å². The number of methoxy groups -OCH3 is 1. The number of esters is 1. The Balaban J connectivity index is 2.61. The van der Waals surface area contributed by atoms with Crippen LogP contribution >= 0.6 is 0 Å². The maximum absolute atomic E-state index is 12.3. The summed E-state index contributed by atoms with van der Waals surface area (Å²) in [5.74, 6) is -0.357. The van der Waals surface area contributed by atoms with Crippen LogP contribution in [-0.4, -0.2) is 37.0 Å². The molecule has 22 heavy (non-hydrogen) atoms. The lowest BCUT2D eigenvalue weighted by Crippen LogP contribution is -2.32. The highest BCUT2D eigenvalue weighted by Crippen LogP contribution is 2.05. The zero-order valence-corrected chi connectivity index (χ0v) is 13.5. The molecule has 120 valence electrons. The molecule has 0 saturated carbocycles. The van der Waals surface area contributed by atoms with Gasteiger partial charge in [0.2, 0.25) is 5.91 Å². The molecule has 1 aromatic rings. The number of hydrogen-bond donors (Lipinski definition) is 0. The van der Waals surface area contributed by atoms with Crippen LogP contribution in [0.2, 0.25) is 0 Å². The van der Waals surface area contributed by atoms with E-state index in [9.17, 15) is 9.59 Å². The van der Waals surface area contributed by atoms with E-state index in [0.717, 1.165) is 24.8 Å². The van der Waals surface area contributed by atoms with E-state index in [4.69, 9.17) is 0 Å². The second-order valence-electron chi connectivity index (χ2n) is 5.10. The number of ether oxygens (including phenoxy) is 1. The number of carbonyl (C=O) groups excluding carboxylic acids is 2. The second-order valence-corrected chi connectivity index (χ2v) is 5.10. The predicted molar refractivity (Wildman–Crippen MR) is 88.2 cm³/mol. The van der Waals surface area contributed by atoms with Gasteiger partial charge in [0, 0.05) is 19.2 Å². The van der Waals surface area contributed by atoms with Crippen molar-refractivity contribution in [1.29, 1.82) is 0 Å². The summed E-state index contributed by atoms with van der Waals surface area (Å²) in [5, 5.41) is 0. The normalized spacial score (nSPS) is 10.6. The monoisotopic (exact) mass is 303 g/mol. The molecule has 0 N–H and O–H groups in total. The van der Waals surface area contributed by atoms with Crippen LogP contribution in [0.5, 0.6) is 0 Å². The molecule has 4 heteroatoms. The molecule has 0 aromatic heterocycles. The lowest BCUT2D eigenvalue weighted by atomic mass is 10.2. The fourth-order valence-corrected chi connectivity index (χ4v) is 2.05. The van der Waals surface area contributed by atoms with E-state index in [0.29, 0.717) is 13.1 Å². The van der Waals surface area contributed by atoms with Crippen LogP contribution in [0.15, 0.2) is 36.4 Å². The quantitative estimate of drug-likeness (QED) is 0.399. The molecule has 0 unspecified atom stereocenters. The van der Waals surface area contributed by atoms with E-state index in [1.807, 2.05) is 30.3 Å². The molecule has 4 nitrogen and oxygen atoms in total. The molecule has 1 amide bonds. The average molecular weight is 303 g/mol. The van der Waals surface area contributed by atoms with Crippen molar-refractivity contribution in [2.45, 2.75) is 32.6 Å². The molecule has 0 fully saturated rings. The van der Waals surface area contributed by atoms with Gasteiger partial charge >= 0.3 is 5.97 Å². The summed E-state index contributed by atoms with van der Waals surface area (Å²) in [6.45, 7) is 3.19. The van der Waals surface area contributed by atoms with Crippen LogP contribution in [0.25, 0.3) is 6.08 Å². The molecule has 0 aliphatic carbocycles. The maximum atomic E-state index is 12.3. The minimum atomic E-state index is -0.291. The van der Waals surface area contributed by atoms with E-state index in [1.54, 1.807) is 17.1 Å². The molecular weight excluding hydrogens is 278 g/mol. The van der Waals surface area contributed by atoms with E-state index < -0.39 is 0 Å². The van der Waals surface area contributed by atoms with Crippen LogP contribution in [0, 0.1) is 0 Å². The Hall–Kier alpha value is -2.10. The van der Waals surface area contributed by atoms with Crippen molar-refractivity contribution in [3.05, 3.63) is 42.0 Å². The van der Waals surface area contributed by atoms with Gasteiger partial charge in [0.05, 0.1) is 13.5 Å². The van der Waals surface area contributed by atoms with Crippen molar-refractivity contribution in [2.24, 2.45) is 0 Å². The Morgan fingerprint density at radius 1 is 1.14 bits per heavy atom. The number of carbonyl (C=O) groups is 2. The lowest BCUT2D eigenvalue weighted by Gasteiger charge is -2.20. The molecule has 0 radical (unpaired) electrons. The van der Waals surface area contributed by atoms with Crippen molar-refractivity contribution in [3.63, 3.8) is 0 Å². The van der Waals surface area contributed by atoms with Gasteiger partial charge in [-0.15, -0.1) is 0 Å². The summed E-state index contributed by atoms with van der Waals surface area (Å²) in [7, 11) is 1.36. The van der Waals surface area contributed by atoms with Gasteiger partial charge in [-0.1, -0.05) is 50.1 Å². The average Bonchev–Trinajstić information content (AvgIpc) is 2.56. The molecule has 0 atom stereocenters. The summed E-state index contributed by atoms with van der Waals surface area (Å²) in [4.78, 5) is 25.3. The van der Waals surface area contributed by atoms with Crippen molar-refractivity contribution >= 4 is 18.0 Å². The standard InChI is InChI=1S/C18H25NO3/c1-3-4-8-14-19(15-13-18(21)22-2)17(20)12-11-16-9-6-5-7-10-16/h5-7,9-12H,3-4,8,13-15H2,1-2H3/b12-11+. The lowest BCUT2D eigenvalue weighted by molar-refractivity contribution is -0.141. The summed E-state index contributed by atoms with van der Waals surface area (Å²) in [6.07, 6.45) is 6.71. The summed E-state index contributed by atoms with van der Waals surface area (Å²) < 4.78 is 4.64. The summed E-state index contributed by atoms with van der Waals surface area (Å²) >= 11 is 0. The van der Waals surface area contributed by atoms with Gasteiger partial charge in [-0.05, 0) is 18.1 Å². The fraction of sp³-hybridized carbons (Fsp3) is 0.444. The highest BCUT2D eigenvalue weighted by atomic mass is 16.5. The Bertz CT molecular complexity index is 482. The molecule has 0 spiro atoms. The zero-order valence-electron chi connectivity index (χ0n) is 13.5. The van der Waals surface area contributed by atoms with E-state index in [-0.39, 0.29) is 18.3 Å². The van der Waals surface area contributed by atoms with Crippen LogP contribution in [0.1, 0.15) is 38.2 Å². The third-order valence-corrected chi connectivity index (χ3v) is 3.37. The third kappa shape index (κ3) is 7.07. The topological polar surface area (TPSA) is 46.6 Å². The van der Waals surface area contributed by atoms with E-state index >= 15 is 0 Å². The van der Waals surface area contributed by atoms with Crippen LogP contribution in [0.3, 0.4) is 0 Å². The molecule has 0 aliphatic rings. The minimum Gasteiger partial charge on any atom is -0.469 e. The Labute approximate surface area is 132 Å². The Morgan fingerprint density at radius 2 is 1.86 bits per heavy atom. The van der Waals surface area contributed by atoms with Gasteiger partial charge in [-0.25, -0.2) is 0 Å². The highest BCUT2D eigenvalue weighted by Gasteiger charge is 2.12. The fourth-order valence-electron chi connectivity index (χ4n) is 2.05. The molecule has 0 saturated heterocycles. The maximum Gasteiger partial charge on any atom is 0.307 e. The van der Waals surface area contributed by atoms with Crippen LogP contribution in [-0.2, 0) is 14.3 Å². The van der Waals surface area contributed by atoms with Crippen LogP contribution in [0.4, 0.5) is 0 Å². The number of benzene rings is 1. The first-order chi connectivity index (χ1) is 10.7. The van der Waals surface area contributed by atoms with Crippen molar-refractivity contribution < 1.29 is 14.3 Å². The van der Waals surface area contributed by atoms with Gasteiger partial charge in [-0.3, -0.25) is 9.59 Å². The molecular formula is C18H25NO3. The molecule has 0 bridgehead atoms. The van der Waals surface area contributed by atoms with Gasteiger partial charge in [0.1, 0.15) is 0 Å². The largest absolute Gasteiger partial charge is 0.469 e. The number of unbranched alkanes of at least 4 members (excludes halogenated alkanes) is 2. The summed E-state index contributed by atoms with van der Waals surface area (Å²) in [5.41, 5.74) is 0.984. The first kappa shape index (κ1) is 18.0. The zero-order chi connectivity index (χ0) is 16.2. The smallest absolute Gasteiger partial charge is 0.307 e. The van der Waals surface area contributed by atoms with Crippen molar-refractivity contribution in [1.82, 2.24) is 4.90 Å². The Morgan fingerprint density at radius 3 is 2.50 bits per heavy atom. The SMILES string of the molecule is CCCCCN(CCC(=O)OC)C(=O)/C=C/c1ccccc1. The molecule has 1 rings (SSSR count). The summed E-state index contributed by atoms with van der Waals surface area (Å²) in [6, 6.07) is 9.69. The van der Waals surface area contributed by atoms with Crippen molar-refractivity contribution in [3.8, 4) is 0 Å². The van der Waals surface area contributed by atoms with Gasteiger partial charge in [0.25, 0.3) is 0 Å². The first-order valence-electron chi connectivity index (χ1n) is 7.76. The molecule has 1 aromatic carbocycles. The van der Waals surface area contributed by atoms with E-state index in [1.165, 1.54) is 7.11 Å². The molecule has 0 aliphatic heterocycles. The second kappa shape index (κ2) is 10.6.